The minimum Gasteiger partial charge on any atom is -0.410 e. The number of azide groups is 1. The van der Waals surface area contributed by atoms with Gasteiger partial charge in [-0.25, -0.2) is 4.79 Å². The van der Waals surface area contributed by atoms with Crippen LogP contribution in [0.4, 0.5) is 10.5 Å². The van der Waals surface area contributed by atoms with E-state index >= 15 is 0 Å². The Morgan fingerprint density at radius 3 is 0.701 bits per heavy atom. The molecule has 0 saturated heterocycles. The van der Waals surface area contributed by atoms with Crippen molar-refractivity contribution in [2.24, 2.45) is 5.11 Å². The summed E-state index contributed by atoms with van der Waals surface area (Å²) in [6.45, 7) is 21.5. The van der Waals surface area contributed by atoms with Crippen LogP contribution in [0, 0.1) is 10.1 Å². The Morgan fingerprint density at radius 2 is 0.517 bits per heavy atom. The third-order valence-corrected chi connectivity index (χ3v) is 10.4. The number of benzene rings is 1. The molecule has 0 aromatic heterocycles. The summed E-state index contributed by atoms with van der Waals surface area (Å²) in [7, 11) is 0. The molecule has 508 valence electrons. The molecule has 0 unspecified atom stereocenters. The van der Waals surface area contributed by atoms with E-state index in [9.17, 15) is 14.9 Å². The highest BCUT2D eigenvalue weighted by Gasteiger charge is 2.08. The zero-order valence-corrected chi connectivity index (χ0v) is 51.1. The summed E-state index contributed by atoms with van der Waals surface area (Å²) in [4.78, 5) is 24.6. The lowest BCUT2D eigenvalue weighted by Crippen LogP contribution is -2.30. The molecular weight excluding hydrogens is 1160 g/mol. The second kappa shape index (κ2) is 71.4. The van der Waals surface area contributed by atoms with Gasteiger partial charge in [0, 0.05) is 30.1 Å². The molecule has 1 N–H and O–H groups in total. The zero-order valence-electron chi connectivity index (χ0n) is 51.1. The summed E-state index contributed by atoms with van der Waals surface area (Å²) in [6, 6.07) is 5.20. The number of carbonyl (C=O) groups is 1. The second-order valence-electron chi connectivity index (χ2n) is 17.1. The molecule has 0 heterocycles. The average molecular weight is 1260 g/mol. The molecule has 1 aromatic rings. The Labute approximate surface area is 512 Å². The van der Waals surface area contributed by atoms with Gasteiger partial charge in [-0.15, -0.1) is 0 Å². The smallest absolute Gasteiger partial charge is 0.410 e. The number of nitro groups is 1. The number of carbonyl (C=O) groups excluding carboxylic acids is 1. The third kappa shape index (κ3) is 66.5. The van der Waals surface area contributed by atoms with Gasteiger partial charge in [-0.1, -0.05) is 5.11 Å². The van der Waals surface area contributed by atoms with Crippen LogP contribution in [0.3, 0.4) is 0 Å². The molecule has 0 saturated carbocycles. The molecular formula is C55H101N5O27. The van der Waals surface area contributed by atoms with Crippen molar-refractivity contribution < 1.29 is 123 Å². The van der Waals surface area contributed by atoms with Crippen molar-refractivity contribution in [3.8, 4) is 5.75 Å². The van der Waals surface area contributed by atoms with Crippen molar-refractivity contribution in [1.82, 2.24) is 5.32 Å². The average Bonchev–Trinajstić information content (AvgIpc) is 3.65. The number of hydrogen-bond donors (Lipinski definition) is 1. The van der Waals surface area contributed by atoms with E-state index in [1.807, 2.05) is 0 Å². The van der Waals surface area contributed by atoms with Crippen LogP contribution in [-0.2, 0) is 109 Å². The standard InChI is InChI=1S/C55H101N5O27/c56-59-58-6-8-65-10-12-67-14-16-69-18-20-71-22-24-73-26-28-75-30-32-77-34-36-79-38-40-81-42-44-83-46-48-85-50-52-86-51-49-84-47-45-82-43-41-80-39-37-78-35-33-76-31-29-74-27-25-72-23-21-70-19-17-68-15-13-66-11-9-64-7-5-57-55(61)87-54-3-1-53(2-4-54)60(62)63/h1-4H,5-52H2,(H,57,61). The maximum Gasteiger partial charge on any atom is 0.412 e. The number of non-ortho nitro benzene ring substituents is 1. The van der Waals surface area contributed by atoms with E-state index in [0.29, 0.717) is 304 Å². The Hall–Kier alpha value is -3.72. The van der Waals surface area contributed by atoms with Crippen LogP contribution < -0.4 is 10.1 Å². The Bertz CT molecular complexity index is 1620. The SMILES string of the molecule is [N-]=[N+]=NCCOCCOCCOCCOCCOCCOCCOCCOCCOCCOCCOCCOCCOCCOCCOCCOCCOCCOCCOCCOCCOCCOCCOCCNC(=O)Oc1ccc([N+](=O)[O-])cc1. The molecule has 0 aliphatic heterocycles. The van der Waals surface area contributed by atoms with Crippen molar-refractivity contribution in [2.45, 2.75) is 0 Å². The van der Waals surface area contributed by atoms with Crippen LogP contribution in [0.1, 0.15) is 0 Å². The Kier molecular flexibility index (Phi) is 66.7. The van der Waals surface area contributed by atoms with Crippen molar-refractivity contribution in [3.05, 3.63) is 44.8 Å². The first kappa shape index (κ1) is 81.3. The van der Waals surface area contributed by atoms with Gasteiger partial charge in [0.15, 0.2) is 0 Å². The summed E-state index contributed by atoms with van der Waals surface area (Å²) in [5.41, 5.74) is 8.08. The maximum atomic E-state index is 11.8. The van der Waals surface area contributed by atoms with Gasteiger partial charge in [-0.05, 0) is 17.7 Å². The quantitative estimate of drug-likeness (QED) is 0.0244. The van der Waals surface area contributed by atoms with Crippen LogP contribution in [0.2, 0.25) is 0 Å². The molecule has 0 radical (unpaired) electrons. The monoisotopic (exact) mass is 1260 g/mol. The number of nitrogens with zero attached hydrogens (tertiary/aromatic N) is 4. The van der Waals surface area contributed by atoms with Crippen molar-refractivity contribution in [3.63, 3.8) is 0 Å². The predicted octanol–water partition coefficient (Wildman–Crippen LogP) is 2.38. The number of ether oxygens (including phenoxy) is 24. The molecule has 32 nitrogen and oxygen atoms in total. The highest BCUT2D eigenvalue weighted by molar-refractivity contribution is 5.70. The molecule has 0 aliphatic rings. The first-order valence-corrected chi connectivity index (χ1v) is 29.6. The molecule has 1 rings (SSSR count). The fourth-order valence-electron chi connectivity index (χ4n) is 6.09. The van der Waals surface area contributed by atoms with Crippen molar-refractivity contribution in [2.75, 3.05) is 317 Å². The molecule has 0 bridgehead atoms. The van der Waals surface area contributed by atoms with Crippen LogP contribution in [0.25, 0.3) is 10.4 Å². The van der Waals surface area contributed by atoms with Crippen LogP contribution in [-0.4, -0.2) is 328 Å². The molecule has 32 heteroatoms. The number of amides is 1. The van der Waals surface area contributed by atoms with Gasteiger partial charge >= 0.3 is 6.09 Å². The fraction of sp³-hybridized carbons (Fsp3) is 0.873. The zero-order chi connectivity index (χ0) is 62.2. The minimum atomic E-state index is -0.684. The van der Waals surface area contributed by atoms with E-state index in [1.54, 1.807) is 0 Å². The summed E-state index contributed by atoms with van der Waals surface area (Å²) in [5, 5.41) is 16.6. The largest absolute Gasteiger partial charge is 0.412 e. The van der Waals surface area contributed by atoms with Gasteiger partial charge in [0.05, 0.1) is 309 Å². The highest BCUT2D eigenvalue weighted by Crippen LogP contribution is 2.17. The number of nitro benzene ring substituents is 1. The molecule has 0 aliphatic carbocycles. The van der Waals surface area contributed by atoms with E-state index in [2.05, 4.69) is 15.3 Å². The molecule has 1 amide bonds. The van der Waals surface area contributed by atoms with Crippen molar-refractivity contribution >= 4 is 11.8 Å². The number of hydrogen-bond acceptors (Lipinski definition) is 28. The second-order valence-corrected chi connectivity index (χ2v) is 17.1. The first-order chi connectivity index (χ1) is 43.1. The van der Waals surface area contributed by atoms with Gasteiger partial charge in [0.2, 0.25) is 0 Å². The van der Waals surface area contributed by atoms with E-state index < -0.39 is 11.0 Å². The molecule has 0 spiro atoms. The van der Waals surface area contributed by atoms with E-state index in [-0.39, 0.29) is 24.6 Å². The van der Waals surface area contributed by atoms with Crippen LogP contribution in [0.5, 0.6) is 5.75 Å². The van der Waals surface area contributed by atoms with Crippen LogP contribution >= 0.6 is 0 Å². The summed E-state index contributed by atoms with van der Waals surface area (Å²) >= 11 is 0. The lowest BCUT2D eigenvalue weighted by atomic mass is 10.3. The molecule has 1 aromatic carbocycles. The topological polar surface area (TPSA) is 343 Å². The minimum absolute atomic E-state index is 0.0918. The molecule has 87 heavy (non-hydrogen) atoms. The number of nitrogens with one attached hydrogen (secondary N) is 1. The lowest BCUT2D eigenvalue weighted by Gasteiger charge is -2.09. The Morgan fingerprint density at radius 1 is 0.333 bits per heavy atom. The predicted molar refractivity (Wildman–Crippen MR) is 310 cm³/mol. The lowest BCUT2D eigenvalue weighted by molar-refractivity contribution is -0.384. The molecule has 0 fully saturated rings. The van der Waals surface area contributed by atoms with E-state index in [1.165, 1.54) is 24.3 Å². The van der Waals surface area contributed by atoms with Gasteiger partial charge in [-0.3, -0.25) is 10.1 Å². The van der Waals surface area contributed by atoms with Crippen molar-refractivity contribution in [1.29, 1.82) is 0 Å². The summed E-state index contributed by atoms with van der Waals surface area (Å²) in [6.07, 6.45) is -0.684. The summed E-state index contributed by atoms with van der Waals surface area (Å²) in [5.74, 6) is 0.197. The van der Waals surface area contributed by atoms with Gasteiger partial charge in [-0.2, -0.15) is 0 Å². The van der Waals surface area contributed by atoms with E-state index in [4.69, 9.17) is 119 Å². The molecule has 0 atom stereocenters. The van der Waals surface area contributed by atoms with Gasteiger partial charge in [0.1, 0.15) is 5.75 Å². The first-order valence-electron chi connectivity index (χ1n) is 29.6. The van der Waals surface area contributed by atoms with Gasteiger partial charge < -0.3 is 119 Å². The van der Waals surface area contributed by atoms with E-state index in [0.717, 1.165) is 0 Å². The summed E-state index contributed by atoms with van der Waals surface area (Å²) < 4.78 is 131. The third-order valence-electron chi connectivity index (χ3n) is 10.4. The van der Waals surface area contributed by atoms with Gasteiger partial charge in [0.25, 0.3) is 5.69 Å². The fourth-order valence-corrected chi connectivity index (χ4v) is 6.09. The number of rotatable bonds is 74. The highest BCUT2D eigenvalue weighted by atomic mass is 16.6. The normalized spacial score (nSPS) is 11.4. The Balaban J connectivity index is 1.60. The maximum absolute atomic E-state index is 11.8. The van der Waals surface area contributed by atoms with Crippen LogP contribution in [0.15, 0.2) is 29.4 Å².